The SMILES string of the molecule is CCCCCCCCC(CCCCCC)CC(=O)COCCCCN(CCCCCOC(=O)CC(CCCCCC)CCCCCCCC)CCN(CCO)C1CCCCC1. The van der Waals surface area contributed by atoms with Crippen molar-refractivity contribution in [3.05, 3.63) is 0 Å². The fourth-order valence-corrected chi connectivity index (χ4v) is 9.70. The van der Waals surface area contributed by atoms with Gasteiger partial charge in [-0.1, -0.05) is 188 Å². The van der Waals surface area contributed by atoms with Gasteiger partial charge in [0.05, 0.1) is 13.2 Å². The van der Waals surface area contributed by atoms with Crippen LogP contribution in [0.2, 0.25) is 0 Å². The third-order valence-corrected chi connectivity index (χ3v) is 13.7. The maximum atomic E-state index is 13.0. The van der Waals surface area contributed by atoms with Gasteiger partial charge in [0.1, 0.15) is 6.61 Å². The molecule has 7 nitrogen and oxygen atoms in total. The molecule has 0 aromatic rings. The van der Waals surface area contributed by atoms with Crippen molar-refractivity contribution in [1.29, 1.82) is 0 Å². The van der Waals surface area contributed by atoms with Crippen molar-refractivity contribution in [2.24, 2.45) is 11.8 Å². The van der Waals surface area contributed by atoms with Crippen molar-refractivity contribution in [3.63, 3.8) is 0 Å². The van der Waals surface area contributed by atoms with Crippen molar-refractivity contribution >= 4 is 11.8 Å². The maximum absolute atomic E-state index is 13.0. The van der Waals surface area contributed by atoms with Gasteiger partial charge < -0.3 is 19.5 Å². The predicted molar refractivity (Wildman–Crippen MR) is 262 cm³/mol. The average molecular weight is 863 g/mol. The third kappa shape index (κ3) is 36.0. The second-order valence-corrected chi connectivity index (χ2v) is 19.4. The molecular weight excluding hydrogens is 757 g/mol. The first-order valence-electron chi connectivity index (χ1n) is 27.3. The summed E-state index contributed by atoms with van der Waals surface area (Å²) in [6.07, 6.45) is 43.5. The smallest absolute Gasteiger partial charge is 0.306 e. The Labute approximate surface area is 380 Å². The molecule has 0 bridgehead atoms. The van der Waals surface area contributed by atoms with E-state index in [0.29, 0.717) is 49.7 Å². The van der Waals surface area contributed by atoms with Gasteiger partial charge in [0.15, 0.2) is 5.78 Å². The summed E-state index contributed by atoms with van der Waals surface area (Å²) in [6.45, 7) is 15.6. The standard InChI is InChI=1S/C54H106N2O5/c1-5-9-13-17-19-25-34-50(33-23-15-11-7-3)47-53(58)49-60-45-32-30-40-55(41-42-56(43-44-57)52-37-27-21-28-38-52)39-29-22-31-46-61-54(59)48-51(35-24-16-12-8-4)36-26-20-18-14-10-6-2/h50-52,57H,5-49H2,1-4H3. The molecule has 0 amide bonds. The van der Waals surface area contributed by atoms with Gasteiger partial charge in [0, 0.05) is 45.1 Å². The highest BCUT2D eigenvalue weighted by atomic mass is 16.5. The fraction of sp³-hybridized carbons (Fsp3) is 0.963. The second-order valence-electron chi connectivity index (χ2n) is 19.4. The quantitative estimate of drug-likeness (QED) is 0.0482. The van der Waals surface area contributed by atoms with Crippen LogP contribution in [0.1, 0.15) is 259 Å². The summed E-state index contributed by atoms with van der Waals surface area (Å²) in [5.74, 6) is 1.31. The van der Waals surface area contributed by atoms with Gasteiger partial charge in [0.25, 0.3) is 0 Å². The normalized spacial score (nSPS) is 14.6. The lowest BCUT2D eigenvalue weighted by Gasteiger charge is -2.35. The van der Waals surface area contributed by atoms with Gasteiger partial charge in [-0.3, -0.25) is 14.5 Å². The van der Waals surface area contributed by atoms with Crippen molar-refractivity contribution in [2.45, 2.75) is 265 Å². The van der Waals surface area contributed by atoms with Crippen LogP contribution in [0.5, 0.6) is 0 Å². The number of aliphatic hydroxyl groups is 1. The number of carbonyl (C=O) groups is 2. The van der Waals surface area contributed by atoms with E-state index in [1.54, 1.807) is 0 Å². The van der Waals surface area contributed by atoms with E-state index in [4.69, 9.17) is 9.47 Å². The van der Waals surface area contributed by atoms with Crippen LogP contribution in [-0.2, 0) is 19.1 Å². The van der Waals surface area contributed by atoms with Crippen LogP contribution in [0, 0.1) is 11.8 Å². The van der Waals surface area contributed by atoms with E-state index >= 15 is 0 Å². The summed E-state index contributed by atoms with van der Waals surface area (Å²) in [5, 5.41) is 9.89. The first-order valence-corrected chi connectivity index (χ1v) is 27.3. The number of rotatable bonds is 47. The lowest BCUT2D eigenvalue weighted by Crippen LogP contribution is -2.43. The molecule has 61 heavy (non-hydrogen) atoms. The molecule has 1 fully saturated rings. The zero-order chi connectivity index (χ0) is 44.3. The van der Waals surface area contributed by atoms with Crippen molar-refractivity contribution in [1.82, 2.24) is 9.80 Å². The van der Waals surface area contributed by atoms with Crippen LogP contribution in [0.3, 0.4) is 0 Å². The molecular formula is C54H106N2O5. The molecule has 1 rings (SSSR count). The van der Waals surface area contributed by atoms with Crippen molar-refractivity contribution < 1.29 is 24.2 Å². The first kappa shape index (κ1) is 58.0. The molecule has 0 spiro atoms. The molecule has 1 aliphatic carbocycles. The van der Waals surface area contributed by atoms with Gasteiger partial charge in [-0.25, -0.2) is 0 Å². The highest BCUT2D eigenvalue weighted by molar-refractivity contribution is 5.79. The fourth-order valence-electron chi connectivity index (χ4n) is 9.70. The van der Waals surface area contributed by atoms with Crippen LogP contribution >= 0.6 is 0 Å². The molecule has 0 radical (unpaired) electrons. The topological polar surface area (TPSA) is 79.3 Å². The Kier molecular flexibility index (Phi) is 42.0. The first-order chi connectivity index (χ1) is 30.0. The van der Waals surface area contributed by atoms with Gasteiger partial charge in [0.2, 0.25) is 0 Å². The Bertz CT molecular complexity index is 884. The number of ketones is 1. The predicted octanol–water partition coefficient (Wildman–Crippen LogP) is 14.4. The van der Waals surface area contributed by atoms with E-state index in [2.05, 4.69) is 37.5 Å². The van der Waals surface area contributed by atoms with Crippen LogP contribution in [0.15, 0.2) is 0 Å². The third-order valence-electron chi connectivity index (χ3n) is 13.7. The lowest BCUT2D eigenvalue weighted by molar-refractivity contribution is -0.145. The molecule has 0 heterocycles. The summed E-state index contributed by atoms with van der Waals surface area (Å²) >= 11 is 0. The van der Waals surface area contributed by atoms with Gasteiger partial charge in [-0.2, -0.15) is 0 Å². The number of hydrogen-bond acceptors (Lipinski definition) is 7. The van der Waals surface area contributed by atoms with E-state index in [-0.39, 0.29) is 19.2 Å². The van der Waals surface area contributed by atoms with Crippen molar-refractivity contribution in [3.8, 4) is 0 Å². The molecule has 0 aromatic heterocycles. The number of unbranched alkanes of at least 4 members (excludes halogenated alkanes) is 19. The summed E-state index contributed by atoms with van der Waals surface area (Å²) in [6, 6.07) is 0.604. The summed E-state index contributed by atoms with van der Waals surface area (Å²) < 4.78 is 11.8. The van der Waals surface area contributed by atoms with Crippen LogP contribution in [-0.4, -0.2) is 91.9 Å². The van der Waals surface area contributed by atoms with E-state index in [1.807, 2.05) is 0 Å². The minimum Gasteiger partial charge on any atom is -0.466 e. The Morgan fingerprint density at radius 3 is 1.51 bits per heavy atom. The summed E-state index contributed by atoms with van der Waals surface area (Å²) in [4.78, 5) is 31.1. The molecule has 1 aliphatic rings. The zero-order valence-electron chi connectivity index (χ0n) is 41.5. The Morgan fingerprint density at radius 1 is 0.508 bits per heavy atom. The number of hydrogen-bond donors (Lipinski definition) is 1. The summed E-state index contributed by atoms with van der Waals surface area (Å²) in [7, 11) is 0. The van der Waals surface area contributed by atoms with E-state index < -0.39 is 0 Å². The number of esters is 1. The molecule has 0 saturated heterocycles. The Morgan fingerprint density at radius 2 is 0.967 bits per heavy atom. The average Bonchev–Trinajstić information content (AvgIpc) is 3.26. The molecule has 7 heteroatoms. The van der Waals surface area contributed by atoms with Gasteiger partial charge >= 0.3 is 5.97 Å². The molecule has 0 aromatic carbocycles. The highest BCUT2D eigenvalue weighted by Gasteiger charge is 2.22. The van der Waals surface area contributed by atoms with Crippen LogP contribution < -0.4 is 0 Å². The van der Waals surface area contributed by atoms with E-state index in [9.17, 15) is 14.7 Å². The summed E-state index contributed by atoms with van der Waals surface area (Å²) in [5.41, 5.74) is 0. The minimum atomic E-state index is 0.0131. The number of carbonyl (C=O) groups excluding carboxylic acids is 2. The van der Waals surface area contributed by atoms with Crippen molar-refractivity contribution in [2.75, 3.05) is 59.2 Å². The largest absolute Gasteiger partial charge is 0.466 e. The van der Waals surface area contributed by atoms with E-state index in [1.165, 1.54) is 186 Å². The molecule has 2 atom stereocenters. The molecule has 2 unspecified atom stereocenters. The lowest BCUT2D eigenvalue weighted by atomic mass is 9.90. The number of aliphatic hydroxyl groups excluding tert-OH is 1. The monoisotopic (exact) mass is 863 g/mol. The number of ether oxygens (including phenoxy) is 2. The Balaban J connectivity index is 2.54. The highest BCUT2D eigenvalue weighted by Crippen LogP contribution is 2.25. The van der Waals surface area contributed by atoms with E-state index in [0.717, 1.165) is 64.8 Å². The zero-order valence-corrected chi connectivity index (χ0v) is 41.5. The maximum Gasteiger partial charge on any atom is 0.306 e. The van der Waals surface area contributed by atoms with Gasteiger partial charge in [-0.15, -0.1) is 0 Å². The number of nitrogens with zero attached hydrogens (tertiary/aromatic N) is 2. The molecule has 1 saturated carbocycles. The molecule has 1 N–H and O–H groups in total. The van der Waals surface area contributed by atoms with Crippen LogP contribution in [0.25, 0.3) is 0 Å². The van der Waals surface area contributed by atoms with Crippen LogP contribution in [0.4, 0.5) is 0 Å². The minimum absolute atomic E-state index is 0.0131. The second kappa shape index (κ2) is 44.2. The van der Waals surface area contributed by atoms with Gasteiger partial charge in [-0.05, 0) is 82.7 Å². The number of Topliss-reactive ketones (excluding diaryl/α,β-unsaturated/α-hetero) is 1. The molecule has 362 valence electrons. The molecule has 0 aliphatic heterocycles. The Hall–Kier alpha value is -1.02.